The molecule has 0 aliphatic rings. The summed E-state index contributed by atoms with van der Waals surface area (Å²) in [5.41, 5.74) is 1.04. The van der Waals surface area contributed by atoms with Crippen molar-refractivity contribution in [2.75, 3.05) is 27.4 Å². The SMILES string of the molecule is CCCOc1ccc(OCC(=O)N(C)Cc2ccc(OC)cc2)cc1. The number of nitrogens with zero attached hydrogens (tertiary/aromatic N) is 1. The molecule has 0 bridgehead atoms. The lowest BCUT2D eigenvalue weighted by atomic mass is 10.2. The van der Waals surface area contributed by atoms with Crippen molar-refractivity contribution in [3.05, 3.63) is 54.1 Å². The Labute approximate surface area is 149 Å². The Balaban J connectivity index is 1.80. The molecular weight excluding hydrogens is 318 g/mol. The van der Waals surface area contributed by atoms with Crippen molar-refractivity contribution in [2.45, 2.75) is 19.9 Å². The zero-order valence-corrected chi connectivity index (χ0v) is 15.0. The standard InChI is InChI=1S/C20H25NO4/c1-4-13-24-18-9-11-19(12-10-18)25-15-20(22)21(2)14-16-5-7-17(23-3)8-6-16/h5-12H,4,13-15H2,1-3H3. The number of amides is 1. The molecule has 0 saturated heterocycles. The molecule has 2 aromatic rings. The van der Waals surface area contributed by atoms with Gasteiger partial charge in [-0.1, -0.05) is 19.1 Å². The van der Waals surface area contributed by atoms with Crippen LogP contribution in [0.1, 0.15) is 18.9 Å². The number of hydrogen-bond acceptors (Lipinski definition) is 4. The van der Waals surface area contributed by atoms with E-state index in [1.807, 2.05) is 48.5 Å². The van der Waals surface area contributed by atoms with E-state index in [0.29, 0.717) is 18.9 Å². The predicted molar refractivity (Wildman–Crippen MR) is 97.2 cm³/mol. The van der Waals surface area contributed by atoms with Crippen LogP contribution < -0.4 is 14.2 Å². The minimum atomic E-state index is -0.0814. The van der Waals surface area contributed by atoms with Crippen LogP contribution in [-0.4, -0.2) is 38.2 Å². The van der Waals surface area contributed by atoms with Gasteiger partial charge in [0.25, 0.3) is 5.91 Å². The lowest BCUT2D eigenvalue weighted by Crippen LogP contribution is -2.30. The Kier molecular flexibility index (Phi) is 7.14. The van der Waals surface area contributed by atoms with Gasteiger partial charge in [0.2, 0.25) is 0 Å². The van der Waals surface area contributed by atoms with Gasteiger partial charge in [0.1, 0.15) is 17.2 Å². The average Bonchev–Trinajstić information content (AvgIpc) is 2.65. The third-order valence-corrected chi connectivity index (χ3v) is 3.66. The van der Waals surface area contributed by atoms with Crippen molar-refractivity contribution in [2.24, 2.45) is 0 Å². The van der Waals surface area contributed by atoms with Crippen molar-refractivity contribution < 1.29 is 19.0 Å². The fourth-order valence-corrected chi connectivity index (χ4v) is 2.20. The van der Waals surface area contributed by atoms with E-state index in [-0.39, 0.29) is 12.5 Å². The lowest BCUT2D eigenvalue weighted by molar-refractivity contribution is -0.132. The molecule has 2 rings (SSSR count). The minimum absolute atomic E-state index is 0.00180. The largest absolute Gasteiger partial charge is 0.497 e. The summed E-state index contributed by atoms with van der Waals surface area (Å²) < 4.78 is 16.2. The number of hydrogen-bond donors (Lipinski definition) is 0. The number of rotatable bonds is 9. The molecule has 0 aliphatic carbocycles. The van der Waals surface area contributed by atoms with Gasteiger partial charge in [-0.2, -0.15) is 0 Å². The van der Waals surface area contributed by atoms with Gasteiger partial charge in [0.05, 0.1) is 13.7 Å². The van der Waals surface area contributed by atoms with Crippen molar-refractivity contribution in [1.82, 2.24) is 4.90 Å². The number of likely N-dealkylation sites (N-methyl/N-ethyl adjacent to an activating group) is 1. The Bertz CT molecular complexity index is 652. The van der Waals surface area contributed by atoms with E-state index in [9.17, 15) is 4.79 Å². The van der Waals surface area contributed by atoms with Gasteiger partial charge in [-0.25, -0.2) is 0 Å². The molecule has 25 heavy (non-hydrogen) atoms. The fraction of sp³-hybridized carbons (Fsp3) is 0.350. The number of carbonyl (C=O) groups excluding carboxylic acids is 1. The first-order valence-electron chi connectivity index (χ1n) is 8.35. The first-order valence-corrected chi connectivity index (χ1v) is 8.35. The van der Waals surface area contributed by atoms with Crippen molar-refractivity contribution in [1.29, 1.82) is 0 Å². The van der Waals surface area contributed by atoms with E-state index >= 15 is 0 Å². The summed E-state index contributed by atoms with van der Waals surface area (Å²) in [7, 11) is 3.39. The first kappa shape index (κ1) is 18.6. The average molecular weight is 343 g/mol. The van der Waals surface area contributed by atoms with Crippen LogP contribution in [0.4, 0.5) is 0 Å². The Morgan fingerprint density at radius 3 is 2.04 bits per heavy atom. The summed E-state index contributed by atoms with van der Waals surface area (Å²) in [4.78, 5) is 13.8. The number of methoxy groups -OCH3 is 1. The maximum atomic E-state index is 12.2. The Hall–Kier alpha value is -2.69. The lowest BCUT2D eigenvalue weighted by Gasteiger charge is -2.18. The van der Waals surface area contributed by atoms with E-state index in [0.717, 1.165) is 23.5 Å². The second kappa shape index (κ2) is 9.57. The Morgan fingerprint density at radius 1 is 0.920 bits per heavy atom. The second-order valence-corrected chi connectivity index (χ2v) is 5.71. The van der Waals surface area contributed by atoms with Gasteiger partial charge in [-0.3, -0.25) is 4.79 Å². The van der Waals surface area contributed by atoms with Crippen LogP contribution in [0, 0.1) is 0 Å². The molecule has 5 nitrogen and oxygen atoms in total. The number of ether oxygens (including phenoxy) is 3. The van der Waals surface area contributed by atoms with Crippen molar-refractivity contribution in [3.8, 4) is 17.2 Å². The van der Waals surface area contributed by atoms with E-state index in [4.69, 9.17) is 14.2 Å². The van der Waals surface area contributed by atoms with Crippen LogP contribution in [0.2, 0.25) is 0 Å². The van der Waals surface area contributed by atoms with Crippen molar-refractivity contribution in [3.63, 3.8) is 0 Å². The van der Waals surface area contributed by atoms with Gasteiger partial charge < -0.3 is 19.1 Å². The summed E-state index contributed by atoms with van der Waals surface area (Å²) in [5, 5.41) is 0. The van der Waals surface area contributed by atoms with Gasteiger partial charge in [0, 0.05) is 13.6 Å². The second-order valence-electron chi connectivity index (χ2n) is 5.71. The summed E-state index contributed by atoms with van der Waals surface area (Å²) in [6.45, 7) is 3.28. The monoisotopic (exact) mass is 343 g/mol. The molecule has 0 unspecified atom stereocenters. The van der Waals surface area contributed by atoms with E-state index in [1.165, 1.54) is 0 Å². The van der Waals surface area contributed by atoms with Gasteiger partial charge in [-0.15, -0.1) is 0 Å². The van der Waals surface area contributed by atoms with E-state index in [1.54, 1.807) is 19.1 Å². The molecule has 0 atom stereocenters. The van der Waals surface area contributed by atoms with E-state index in [2.05, 4.69) is 6.92 Å². The van der Waals surface area contributed by atoms with Crippen LogP contribution in [0.3, 0.4) is 0 Å². The number of benzene rings is 2. The smallest absolute Gasteiger partial charge is 0.260 e. The first-order chi connectivity index (χ1) is 12.1. The van der Waals surface area contributed by atoms with Crippen molar-refractivity contribution >= 4 is 5.91 Å². The molecule has 0 heterocycles. The van der Waals surface area contributed by atoms with Gasteiger partial charge in [0.15, 0.2) is 6.61 Å². The van der Waals surface area contributed by atoms with Crippen LogP contribution in [0.15, 0.2) is 48.5 Å². The summed E-state index contributed by atoms with van der Waals surface area (Å²) >= 11 is 0. The highest BCUT2D eigenvalue weighted by molar-refractivity contribution is 5.77. The molecule has 0 aliphatic heterocycles. The summed E-state index contributed by atoms with van der Waals surface area (Å²) in [5.74, 6) is 2.17. The molecule has 0 fully saturated rings. The topological polar surface area (TPSA) is 48.0 Å². The molecule has 134 valence electrons. The maximum absolute atomic E-state index is 12.2. The van der Waals surface area contributed by atoms with Crippen LogP contribution >= 0.6 is 0 Å². The molecule has 0 radical (unpaired) electrons. The van der Waals surface area contributed by atoms with E-state index < -0.39 is 0 Å². The molecular formula is C20H25NO4. The summed E-state index contributed by atoms with van der Waals surface area (Å²) in [6.07, 6.45) is 0.966. The van der Waals surface area contributed by atoms with Crippen LogP contribution in [0.5, 0.6) is 17.2 Å². The number of carbonyl (C=O) groups is 1. The molecule has 0 spiro atoms. The molecule has 5 heteroatoms. The molecule has 0 saturated carbocycles. The van der Waals surface area contributed by atoms with Crippen LogP contribution in [0.25, 0.3) is 0 Å². The zero-order valence-electron chi connectivity index (χ0n) is 15.0. The molecule has 0 aromatic heterocycles. The zero-order chi connectivity index (χ0) is 18.1. The molecule has 1 amide bonds. The highest BCUT2D eigenvalue weighted by atomic mass is 16.5. The normalized spacial score (nSPS) is 10.2. The summed E-state index contributed by atoms with van der Waals surface area (Å²) in [6, 6.07) is 15.0. The van der Waals surface area contributed by atoms with Gasteiger partial charge >= 0.3 is 0 Å². The highest BCUT2D eigenvalue weighted by Gasteiger charge is 2.10. The van der Waals surface area contributed by atoms with Crippen LogP contribution in [-0.2, 0) is 11.3 Å². The quantitative estimate of drug-likeness (QED) is 0.699. The van der Waals surface area contributed by atoms with Gasteiger partial charge in [-0.05, 0) is 48.4 Å². The predicted octanol–water partition coefficient (Wildman–Crippen LogP) is 3.52. The third-order valence-electron chi connectivity index (χ3n) is 3.66. The fourth-order valence-electron chi connectivity index (χ4n) is 2.20. The minimum Gasteiger partial charge on any atom is -0.497 e. The molecule has 2 aromatic carbocycles. The maximum Gasteiger partial charge on any atom is 0.260 e. The Morgan fingerprint density at radius 2 is 1.48 bits per heavy atom. The highest BCUT2D eigenvalue weighted by Crippen LogP contribution is 2.18. The molecule has 0 N–H and O–H groups in total. The third kappa shape index (κ3) is 6.03.